The SMILES string of the molecule is CCCNC(c1ccc(OC)cc1Br)C(C)CCC. The predicted molar refractivity (Wildman–Crippen MR) is 85.8 cm³/mol. The molecule has 0 aromatic heterocycles. The minimum absolute atomic E-state index is 0.403. The molecule has 2 nitrogen and oxygen atoms in total. The number of ether oxygens (including phenoxy) is 1. The van der Waals surface area contributed by atoms with Crippen molar-refractivity contribution in [2.75, 3.05) is 13.7 Å². The maximum atomic E-state index is 5.27. The van der Waals surface area contributed by atoms with Gasteiger partial charge >= 0.3 is 0 Å². The van der Waals surface area contributed by atoms with Gasteiger partial charge in [-0.1, -0.05) is 49.2 Å². The molecule has 19 heavy (non-hydrogen) atoms. The molecule has 0 aliphatic carbocycles. The summed E-state index contributed by atoms with van der Waals surface area (Å²) in [5, 5.41) is 3.68. The molecule has 1 N–H and O–H groups in total. The summed E-state index contributed by atoms with van der Waals surface area (Å²) in [5.41, 5.74) is 1.33. The lowest BCUT2D eigenvalue weighted by molar-refractivity contribution is 0.361. The van der Waals surface area contributed by atoms with Gasteiger partial charge in [-0.2, -0.15) is 0 Å². The molecule has 2 atom stereocenters. The van der Waals surface area contributed by atoms with Gasteiger partial charge in [0.25, 0.3) is 0 Å². The molecule has 0 amide bonds. The van der Waals surface area contributed by atoms with Crippen LogP contribution in [0.2, 0.25) is 0 Å². The van der Waals surface area contributed by atoms with Crippen molar-refractivity contribution in [2.24, 2.45) is 5.92 Å². The highest BCUT2D eigenvalue weighted by molar-refractivity contribution is 9.10. The molecule has 0 saturated heterocycles. The molecular weight excluding hydrogens is 302 g/mol. The van der Waals surface area contributed by atoms with E-state index in [1.54, 1.807) is 7.11 Å². The van der Waals surface area contributed by atoms with Crippen LogP contribution in [0.15, 0.2) is 22.7 Å². The van der Waals surface area contributed by atoms with Crippen LogP contribution in [0.4, 0.5) is 0 Å². The van der Waals surface area contributed by atoms with Crippen LogP contribution in [0.3, 0.4) is 0 Å². The molecule has 1 aromatic rings. The number of rotatable bonds is 8. The largest absolute Gasteiger partial charge is 0.497 e. The molecule has 0 bridgehead atoms. The number of halogens is 1. The van der Waals surface area contributed by atoms with Gasteiger partial charge in [-0.3, -0.25) is 0 Å². The average Bonchev–Trinajstić information content (AvgIpc) is 2.40. The van der Waals surface area contributed by atoms with Crippen molar-refractivity contribution in [3.63, 3.8) is 0 Å². The third-order valence-electron chi connectivity index (χ3n) is 3.47. The van der Waals surface area contributed by atoms with Crippen LogP contribution in [0.1, 0.15) is 51.6 Å². The summed E-state index contributed by atoms with van der Waals surface area (Å²) in [5.74, 6) is 1.52. The zero-order valence-electron chi connectivity index (χ0n) is 12.5. The fourth-order valence-corrected chi connectivity index (χ4v) is 3.03. The number of methoxy groups -OCH3 is 1. The van der Waals surface area contributed by atoms with Gasteiger partial charge in [0.2, 0.25) is 0 Å². The molecular formula is C16H26BrNO. The van der Waals surface area contributed by atoms with Gasteiger partial charge in [0, 0.05) is 10.5 Å². The van der Waals surface area contributed by atoms with E-state index in [1.165, 1.54) is 18.4 Å². The van der Waals surface area contributed by atoms with Gasteiger partial charge in [-0.25, -0.2) is 0 Å². The molecule has 0 fully saturated rings. The molecule has 2 unspecified atom stereocenters. The molecule has 3 heteroatoms. The lowest BCUT2D eigenvalue weighted by Gasteiger charge is -2.26. The second-order valence-corrected chi connectivity index (χ2v) is 5.94. The van der Waals surface area contributed by atoms with E-state index in [1.807, 2.05) is 6.07 Å². The van der Waals surface area contributed by atoms with E-state index in [4.69, 9.17) is 4.74 Å². The Kier molecular flexibility index (Phi) is 7.47. The van der Waals surface area contributed by atoms with Crippen LogP contribution >= 0.6 is 15.9 Å². The summed E-state index contributed by atoms with van der Waals surface area (Å²) >= 11 is 3.68. The second-order valence-electron chi connectivity index (χ2n) is 5.09. The predicted octanol–water partition coefficient (Wildman–Crippen LogP) is 4.93. The molecule has 0 aliphatic heterocycles. The third-order valence-corrected chi connectivity index (χ3v) is 4.16. The number of nitrogens with one attached hydrogen (secondary N) is 1. The molecule has 0 saturated carbocycles. The minimum Gasteiger partial charge on any atom is -0.497 e. The van der Waals surface area contributed by atoms with E-state index in [0.717, 1.165) is 23.2 Å². The number of hydrogen-bond donors (Lipinski definition) is 1. The van der Waals surface area contributed by atoms with Crippen LogP contribution in [-0.2, 0) is 0 Å². The van der Waals surface area contributed by atoms with Crippen LogP contribution < -0.4 is 10.1 Å². The Morgan fingerprint density at radius 3 is 2.53 bits per heavy atom. The van der Waals surface area contributed by atoms with E-state index in [-0.39, 0.29) is 0 Å². The van der Waals surface area contributed by atoms with Crippen molar-refractivity contribution >= 4 is 15.9 Å². The molecule has 0 spiro atoms. The Morgan fingerprint density at radius 1 is 1.26 bits per heavy atom. The standard InChI is InChI=1S/C16H26BrNO/c1-5-7-12(3)16(18-10-6-2)14-9-8-13(19-4)11-15(14)17/h8-9,11-12,16,18H,5-7,10H2,1-4H3. The van der Waals surface area contributed by atoms with Gasteiger partial charge in [0.15, 0.2) is 0 Å². The summed E-state index contributed by atoms with van der Waals surface area (Å²) in [4.78, 5) is 0. The van der Waals surface area contributed by atoms with Crippen molar-refractivity contribution in [1.29, 1.82) is 0 Å². The van der Waals surface area contributed by atoms with E-state index >= 15 is 0 Å². The molecule has 108 valence electrons. The molecule has 0 radical (unpaired) electrons. The second kappa shape index (κ2) is 8.60. The highest BCUT2D eigenvalue weighted by Crippen LogP contribution is 2.33. The Labute approximate surface area is 126 Å². The van der Waals surface area contributed by atoms with Crippen LogP contribution in [0, 0.1) is 5.92 Å². The highest BCUT2D eigenvalue weighted by atomic mass is 79.9. The van der Waals surface area contributed by atoms with Crippen molar-refractivity contribution < 1.29 is 4.74 Å². The van der Waals surface area contributed by atoms with Gasteiger partial charge in [-0.05, 0) is 43.0 Å². The highest BCUT2D eigenvalue weighted by Gasteiger charge is 2.20. The summed E-state index contributed by atoms with van der Waals surface area (Å²) in [6, 6.07) is 6.66. The zero-order valence-corrected chi connectivity index (χ0v) is 14.1. The maximum absolute atomic E-state index is 5.27. The maximum Gasteiger partial charge on any atom is 0.120 e. The topological polar surface area (TPSA) is 21.3 Å². The molecule has 1 aromatic carbocycles. The van der Waals surface area contributed by atoms with Crippen molar-refractivity contribution in [2.45, 2.75) is 46.1 Å². The first-order valence-corrected chi connectivity index (χ1v) is 8.00. The lowest BCUT2D eigenvalue weighted by Crippen LogP contribution is -2.28. The Morgan fingerprint density at radius 2 is 2.00 bits per heavy atom. The molecule has 0 heterocycles. The summed E-state index contributed by atoms with van der Waals surface area (Å²) in [6.45, 7) is 7.83. The van der Waals surface area contributed by atoms with E-state index < -0.39 is 0 Å². The van der Waals surface area contributed by atoms with E-state index in [2.05, 4.69) is 54.2 Å². The third kappa shape index (κ3) is 4.81. The Bertz CT molecular complexity index is 381. The Balaban J connectivity index is 2.95. The van der Waals surface area contributed by atoms with E-state index in [9.17, 15) is 0 Å². The molecule has 0 aliphatic rings. The van der Waals surface area contributed by atoms with Crippen molar-refractivity contribution in [3.8, 4) is 5.75 Å². The fourth-order valence-electron chi connectivity index (χ4n) is 2.43. The first-order valence-electron chi connectivity index (χ1n) is 7.20. The monoisotopic (exact) mass is 327 g/mol. The van der Waals surface area contributed by atoms with Crippen LogP contribution in [-0.4, -0.2) is 13.7 Å². The van der Waals surface area contributed by atoms with Crippen molar-refractivity contribution in [1.82, 2.24) is 5.32 Å². The number of benzene rings is 1. The zero-order chi connectivity index (χ0) is 14.3. The van der Waals surface area contributed by atoms with Gasteiger partial charge in [0.05, 0.1) is 7.11 Å². The van der Waals surface area contributed by atoms with Gasteiger partial charge in [0.1, 0.15) is 5.75 Å². The van der Waals surface area contributed by atoms with Crippen LogP contribution in [0.5, 0.6) is 5.75 Å². The normalized spacial score (nSPS) is 14.2. The number of hydrogen-bond acceptors (Lipinski definition) is 2. The van der Waals surface area contributed by atoms with Gasteiger partial charge < -0.3 is 10.1 Å². The van der Waals surface area contributed by atoms with Crippen molar-refractivity contribution in [3.05, 3.63) is 28.2 Å². The fraction of sp³-hybridized carbons (Fsp3) is 0.625. The average molecular weight is 328 g/mol. The Hall–Kier alpha value is -0.540. The van der Waals surface area contributed by atoms with Crippen LogP contribution in [0.25, 0.3) is 0 Å². The van der Waals surface area contributed by atoms with E-state index in [0.29, 0.717) is 12.0 Å². The smallest absolute Gasteiger partial charge is 0.120 e. The quantitative estimate of drug-likeness (QED) is 0.730. The summed E-state index contributed by atoms with van der Waals surface area (Å²) < 4.78 is 6.40. The molecule has 1 rings (SSSR count). The summed E-state index contributed by atoms with van der Waals surface area (Å²) in [7, 11) is 1.70. The van der Waals surface area contributed by atoms with Gasteiger partial charge in [-0.15, -0.1) is 0 Å². The minimum atomic E-state index is 0.403. The lowest BCUT2D eigenvalue weighted by atomic mass is 9.91. The first kappa shape index (κ1) is 16.5. The first-order chi connectivity index (χ1) is 9.13. The summed E-state index contributed by atoms with van der Waals surface area (Å²) in [6.07, 6.45) is 3.61.